The number of nitrogens with one attached hydrogen (secondary N) is 3. The fourth-order valence-electron chi connectivity index (χ4n) is 1.80. The Morgan fingerprint density at radius 1 is 1.00 bits per heavy atom. The Bertz CT molecular complexity index is 540. The molecule has 0 aliphatic rings. The summed E-state index contributed by atoms with van der Waals surface area (Å²) in [5.74, 6) is -0.339. The largest absolute Gasteiger partial charge is 0.344 e. The van der Waals surface area contributed by atoms with E-state index in [4.69, 9.17) is 0 Å². The monoisotopic (exact) mass is 307 g/mol. The van der Waals surface area contributed by atoms with E-state index in [-0.39, 0.29) is 30.8 Å². The van der Waals surface area contributed by atoms with Crippen LogP contribution in [0, 0.1) is 0 Å². The first kappa shape index (κ1) is 17.6. The zero-order valence-electron chi connectivity index (χ0n) is 13.4. The number of carbonyl (C=O) groups is 3. The van der Waals surface area contributed by atoms with Crippen LogP contribution in [0.5, 0.6) is 0 Å². The third-order valence-corrected chi connectivity index (χ3v) is 2.90. The number of amides is 3. The average molecular weight is 307 g/mol. The van der Waals surface area contributed by atoms with Gasteiger partial charge in [0.2, 0.25) is 5.91 Å². The van der Waals surface area contributed by atoms with Crippen LogP contribution in [0.15, 0.2) is 24.3 Å². The lowest BCUT2D eigenvalue weighted by molar-refractivity contribution is -0.862. The van der Waals surface area contributed by atoms with Gasteiger partial charge in [-0.3, -0.25) is 14.4 Å². The van der Waals surface area contributed by atoms with Crippen LogP contribution in [0.1, 0.15) is 6.92 Å². The molecule has 0 heterocycles. The Morgan fingerprint density at radius 2 is 1.50 bits per heavy atom. The van der Waals surface area contributed by atoms with Crippen LogP contribution >= 0.6 is 0 Å². The number of benzene rings is 1. The summed E-state index contributed by atoms with van der Waals surface area (Å²) in [5, 5.41) is 5.41. The topological polar surface area (TPSA) is 83.0 Å². The van der Waals surface area contributed by atoms with E-state index in [1.165, 1.54) is 11.8 Å². The number of quaternary nitrogens is 1. The summed E-state index contributed by atoms with van der Waals surface area (Å²) in [7, 11) is 5.17. The van der Waals surface area contributed by atoms with E-state index >= 15 is 0 Å². The summed E-state index contributed by atoms with van der Waals surface area (Å²) in [6.45, 7) is 1.90. The van der Waals surface area contributed by atoms with Crippen molar-refractivity contribution >= 4 is 29.1 Å². The second kappa shape index (κ2) is 8.14. The highest BCUT2D eigenvalue weighted by Gasteiger charge is 2.15. The van der Waals surface area contributed by atoms with Crippen LogP contribution < -0.4 is 15.5 Å². The molecule has 3 amide bonds. The fourth-order valence-corrected chi connectivity index (χ4v) is 1.80. The normalized spacial score (nSPS) is 11.5. The molecule has 3 N–H and O–H groups in total. The van der Waals surface area contributed by atoms with Crippen LogP contribution in [0.25, 0.3) is 0 Å². The summed E-state index contributed by atoms with van der Waals surface area (Å²) in [6.07, 6.45) is 0. The van der Waals surface area contributed by atoms with E-state index in [1.807, 2.05) is 0 Å². The van der Waals surface area contributed by atoms with Crippen molar-refractivity contribution in [3.63, 3.8) is 0 Å². The minimum absolute atomic E-state index is 0.0232. The number of anilines is 2. The van der Waals surface area contributed by atoms with Crippen molar-refractivity contribution < 1.29 is 19.3 Å². The molecule has 0 aromatic heterocycles. The Kier molecular flexibility index (Phi) is 6.52. The van der Waals surface area contributed by atoms with Gasteiger partial charge in [-0.15, -0.1) is 0 Å². The fraction of sp³-hybridized carbons (Fsp3) is 0.400. The maximum absolute atomic E-state index is 11.9. The van der Waals surface area contributed by atoms with Crippen LogP contribution in [0.3, 0.4) is 0 Å². The van der Waals surface area contributed by atoms with Gasteiger partial charge in [-0.25, -0.2) is 0 Å². The smallest absolute Gasteiger partial charge is 0.279 e. The average Bonchev–Trinajstić information content (AvgIpc) is 2.39. The lowest BCUT2D eigenvalue weighted by Crippen LogP contribution is -3.11. The number of carbonyl (C=O) groups excluding carboxylic acids is 3. The van der Waals surface area contributed by atoms with Crippen LogP contribution in [0.4, 0.5) is 11.4 Å². The number of likely N-dealkylation sites (N-methyl/N-ethyl adjacent to an activating group) is 2. The van der Waals surface area contributed by atoms with E-state index in [9.17, 15) is 14.4 Å². The van der Waals surface area contributed by atoms with Crippen molar-refractivity contribution in [2.75, 3.05) is 44.9 Å². The molecule has 1 rings (SSSR count). The molecule has 22 heavy (non-hydrogen) atoms. The van der Waals surface area contributed by atoms with Gasteiger partial charge in [-0.1, -0.05) is 0 Å². The summed E-state index contributed by atoms with van der Waals surface area (Å²) >= 11 is 0. The van der Waals surface area contributed by atoms with E-state index in [0.717, 1.165) is 4.90 Å². The number of hydrogen-bond donors (Lipinski definition) is 3. The van der Waals surface area contributed by atoms with Gasteiger partial charge in [0, 0.05) is 32.4 Å². The molecule has 0 aliphatic carbocycles. The van der Waals surface area contributed by atoms with Gasteiger partial charge in [0.15, 0.2) is 13.1 Å². The zero-order valence-corrected chi connectivity index (χ0v) is 13.4. The third kappa shape index (κ3) is 6.36. The molecule has 0 spiro atoms. The first-order valence-corrected chi connectivity index (χ1v) is 6.97. The summed E-state index contributed by atoms with van der Waals surface area (Å²) in [6, 6.07) is 6.85. The standard InChI is InChI=1S/C15H22N4O3/c1-11(20)16-12-5-7-13(8-6-12)17-14(21)9-19(4)10-15(22)18(2)3/h5-8H,9-10H2,1-4H3,(H,16,20)(H,17,21)/p+1. The molecule has 1 aromatic rings. The van der Waals surface area contributed by atoms with Crippen molar-refractivity contribution in [2.45, 2.75) is 6.92 Å². The Labute approximate surface area is 130 Å². The van der Waals surface area contributed by atoms with E-state index < -0.39 is 0 Å². The Morgan fingerprint density at radius 3 is 1.95 bits per heavy atom. The van der Waals surface area contributed by atoms with Crippen molar-refractivity contribution in [1.82, 2.24) is 4.90 Å². The summed E-state index contributed by atoms with van der Waals surface area (Å²) in [5.41, 5.74) is 1.32. The van der Waals surface area contributed by atoms with E-state index in [2.05, 4.69) is 10.6 Å². The molecule has 0 saturated heterocycles. The zero-order chi connectivity index (χ0) is 16.7. The van der Waals surface area contributed by atoms with E-state index in [1.54, 1.807) is 45.4 Å². The molecule has 1 atom stereocenters. The van der Waals surface area contributed by atoms with E-state index in [0.29, 0.717) is 11.4 Å². The molecule has 0 radical (unpaired) electrons. The number of nitrogens with zero attached hydrogens (tertiary/aromatic N) is 1. The molecule has 120 valence electrons. The second-order valence-electron chi connectivity index (χ2n) is 5.41. The maximum atomic E-state index is 11.9. The van der Waals surface area contributed by atoms with Crippen LogP contribution in [0.2, 0.25) is 0 Å². The third-order valence-electron chi connectivity index (χ3n) is 2.90. The predicted octanol–water partition coefficient (Wildman–Crippen LogP) is -0.814. The van der Waals surface area contributed by atoms with Gasteiger partial charge in [0.1, 0.15) is 0 Å². The lowest BCUT2D eigenvalue weighted by atomic mass is 10.2. The molecule has 0 aliphatic heterocycles. The minimum atomic E-state index is -0.170. The first-order valence-electron chi connectivity index (χ1n) is 6.97. The van der Waals surface area contributed by atoms with Gasteiger partial charge in [0.25, 0.3) is 11.8 Å². The van der Waals surface area contributed by atoms with Crippen molar-refractivity contribution in [2.24, 2.45) is 0 Å². The molecule has 1 unspecified atom stereocenters. The number of hydrogen-bond acceptors (Lipinski definition) is 3. The first-order chi connectivity index (χ1) is 10.3. The predicted molar refractivity (Wildman–Crippen MR) is 84.7 cm³/mol. The van der Waals surface area contributed by atoms with Gasteiger partial charge in [-0.2, -0.15) is 0 Å². The second-order valence-corrected chi connectivity index (χ2v) is 5.41. The maximum Gasteiger partial charge on any atom is 0.279 e. The SMILES string of the molecule is CC(=O)Nc1ccc(NC(=O)C[NH+](C)CC(=O)N(C)C)cc1. The van der Waals surface area contributed by atoms with Crippen LogP contribution in [-0.2, 0) is 14.4 Å². The molecule has 0 bridgehead atoms. The molecule has 0 fully saturated rings. The highest BCUT2D eigenvalue weighted by atomic mass is 16.2. The number of rotatable bonds is 6. The quantitative estimate of drug-likeness (QED) is 0.642. The molecule has 1 aromatic carbocycles. The van der Waals surface area contributed by atoms with Gasteiger partial charge in [0.05, 0.1) is 7.05 Å². The van der Waals surface area contributed by atoms with Gasteiger partial charge >= 0.3 is 0 Å². The van der Waals surface area contributed by atoms with Gasteiger partial charge < -0.3 is 20.4 Å². The summed E-state index contributed by atoms with van der Waals surface area (Å²) in [4.78, 5) is 36.7. The molecule has 7 nitrogen and oxygen atoms in total. The van der Waals surface area contributed by atoms with Gasteiger partial charge in [-0.05, 0) is 24.3 Å². The van der Waals surface area contributed by atoms with Crippen molar-refractivity contribution in [3.05, 3.63) is 24.3 Å². The lowest BCUT2D eigenvalue weighted by Gasteiger charge is -2.16. The van der Waals surface area contributed by atoms with Crippen LogP contribution in [-0.4, -0.2) is 56.9 Å². The molecular weight excluding hydrogens is 284 g/mol. The molecule has 7 heteroatoms. The highest BCUT2D eigenvalue weighted by Crippen LogP contribution is 2.13. The highest BCUT2D eigenvalue weighted by molar-refractivity contribution is 5.92. The Balaban J connectivity index is 2.47. The minimum Gasteiger partial charge on any atom is -0.344 e. The molecular formula is C15H23N4O3+. The van der Waals surface area contributed by atoms with Crippen molar-refractivity contribution in [3.8, 4) is 0 Å². The van der Waals surface area contributed by atoms with Crippen molar-refractivity contribution in [1.29, 1.82) is 0 Å². The molecule has 0 saturated carbocycles. The Hall–Kier alpha value is -2.41. The summed E-state index contributed by atoms with van der Waals surface area (Å²) < 4.78 is 0.